The highest BCUT2D eigenvalue weighted by Gasteiger charge is 2.34. The zero-order chi connectivity index (χ0) is 44.0. The number of amides is 2. The molecule has 3 aromatic carbocycles. The molecule has 4 saturated heterocycles. The lowest BCUT2D eigenvalue weighted by molar-refractivity contribution is -0.134. The summed E-state index contributed by atoms with van der Waals surface area (Å²) in [6.07, 6.45) is 6.12. The second-order valence-corrected chi connectivity index (χ2v) is 18.8. The van der Waals surface area contributed by atoms with E-state index in [1.165, 1.54) is 6.20 Å². The average molecular weight is 886 g/mol. The largest absolute Gasteiger partial charge is 0.372 e. The van der Waals surface area contributed by atoms with Crippen LogP contribution in [0.5, 0.6) is 0 Å². The molecule has 3 N–H and O–H groups in total. The number of rotatable bonds is 11. The number of nitrogens with one attached hydrogen (secondary N) is 3. The fraction of sp³-hybridized carbons (Fsp3) is 0.391. The number of fused-ring (bicyclic) bond motifs is 1. The SMILES string of the molecule is O=C1CCC(c2ccc(C3CCN(CC4CCN(c5ccc(-c6cnc7[nH]cc(C(=O)c8c(F)ccc(NS(=O)(=O)N9CC[C@@H](F)C9)c8F)c7c6)cc5)CC4)CC3)cc2F)C(=O)N1. The van der Waals surface area contributed by atoms with E-state index in [-0.39, 0.29) is 49.1 Å². The minimum atomic E-state index is -4.35. The van der Waals surface area contributed by atoms with Crippen LogP contribution >= 0.6 is 0 Å². The number of pyridine rings is 1. The van der Waals surface area contributed by atoms with E-state index >= 15 is 13.2 Å². The number of H-pyrrole nitrogens is 1. The molecule has 0 aliphatic carbocycles. The fourth-order valence-electron chi connectivity index (χ4n) is 9.56. The maximum atomic E-state index is 15.7. The van der Waals surface area contributed by atoms with E-state index < -0.39 is 56.9 Å². The maximum Gasteiger partial charge on any atom is 0.301 e. The Labute approximate surface area is 362 Å². The number of piperidine rings is 3. The third-order valence-corrected chi connectivity index (χ3v) is 14.7. The number of hydrogen-bond donors (Lipinski definition) is 3. The van der Waals surface area contributed by atoms with Crippen molar-refractivity contribution in [3.05, 3.63) is 113 Å². The molecule has 330 valence electrons. The number of carbonyl (C=O) groups is 3. The number of carbonyl (C=O) groups excluding carboxylic acids is 3. The van der Waals surface area contributed by atoms with Crippen LogP contribution in [0.1, 0.15) is 83.8 Å². The summed E-state index contributed by atoms with van der Waals surface area (Å²) in [5.41, 5.74) is 2.61. The van der Waals surface area contributed by atoms with E-state index in [1.807, 2.05) is 35.1 Å². The predicted octanol–water partition coefficient (Wildman–Crippen LogP) is 7.19. The number of halogens is 4. The van der Waals surface area contributed by atoms with Crippen molar-refractivity contribution in [2.24, 2.45) is 5.92 Å². The Kier molecular flexibility index (Phi) is 11.8. The molecule has 0 bridgehead atoms. The highest BCUT2D eigenvalue weighted by Crippen LogP contribution is 2.35. The first-order chi connectivity index (χ1) is 30.3. The zero-order valence-corrected chi connectivity index (χ0v) is 35.2. The molecule has 2 atom stereocenters. The molecule has 6 heterocycles. The molecule has 2 amide bonds. The average Bonchev–Trinajstić information content (AvgIpc) is 3.92. The Morgan fingerprint density at radius 2 is 1.60 bits per heavy atom. The molecule has 17 heteroatoms. The van der Waals surface area contributed by atoms with Gasteiger partial charge in [0.25, 0.3) is 0 Å². The van der Waals surface area contributed by atoms with E-state index in [0.717, 1.165) is 91.7 Å². The minimum Gasteiger partial charge on any atom is -0.372 e. The standard InChI is InChI=1S/C46H47F4N7O5S/c47-32-15-20-57(26-32)63(61,62)54-40-9-8-38(48)42(43(40)50)44(59)37-24-52-45-36(37)21-31(23-51-45)28-1-4-33(5-2-28)56-18-11-27(12-19-56)25-55-16-13-29(14-17-55)30-3-6-34(39(49)22-30)35-7-10-41(58)53-46(35)60/h1-6,8-9,21-24,27,29,32,35,54H,7,10-20,25-26H2,(H,51,52)(H,53,58,60)/t32-,35?/m1/s1. The van der Waals surface area contributed by atoms with Gasteiger partial charge in [0.1, 0.15) is 23.5 Å². The number of aromatic nitrogens is 2. The number of imide groups is 1. The Balaban J connectivity index is 0.793. The second kappa shape index (κ2) is 17.5. The lowest BCUT2D eigenvalue weighted by atomic mass is 9.85. The van der Waals surface area contributed by atoms with Gasteiger partial charge in [-0.15, -0.1) is 0 Å². The van der Waals surface area contributed by atoms with E-state index in [1.54, 1.807) is 24.4 Å². The van der Waals surface area contributed by atoms with Crippen LogP contribution < -0.4 is 14.9 Å². The number of hydrogen-bond acceptors (Lipinski definition) is 8. The predicted molar refractivity (Wildman–Crippen MR) is 230 cm³/mol. The van der Waals surface area contributed by atoms with Crippen LogP contribution in [0.4, 0.5) is 28.9 Å². The molecule has 12 nitrogen and oxygen atoms in total. The molecule has 4 aliphatic rings. The van der Waals surface area contributed by atoms with Gasteiger partial charge in [-0.3, -0.25) is 24.4 Å². The first kappa shape index (κ1) is 42.6. The summed E-state index contributed by atoms with van der Waals surface area (Å²) < 4.78 is 88.2. The van der Waals surface area contributed by atoms with Crippen molar-refractivity contribution >= 4 is 50.2 Å². The first-order valence-electron chi connectivity index (χ1n) is 21.4. The second-order valence-electron chi connectivity index (χ2n) is 17.1. The van der Waals surface area contributed by atoms with Gasteiger partial charge in [-0.25, -0.2) is 22.5 Å². The van der Waals surface area contributed by atoms with Crippen LogP contribution in [0.25, 0.3) is 22.2 Å². The van der Waals surface area contributed by atoms with Gasteiger partial charge < -0.3 is 14.8 Å². The number of alkyl halides is 1. The summed E-state index contributed by atoms with van der Waals surface area (Å²) in [4.78, 5) is 49.8. The van der Waals surface area contributed by atoms with Crippen molar-refractivity contribution in [1.29, 1.82) is 0 Å². The van der Waals surface area contributed by atoms with Gasteiger partial charge in [0.15, 0.2) is 5.82 Å². The van der Waals surface area contributed by atoms with E-state index in [0.29, 0.717) is 34.5 Å². The van der Waals surface area contributed by atoms with E-state index in [4.69, 9.17) is 0 Å². The van der Waals surface area contributed by atoms with Crippen LogP contribution in [0, 0.1) is 23.4 Å². The molecule has 4 aliphatic heterocycles. The van der Waals surface area contributed by atoms with Crippen molar-refractivity contribution in [3.63, 3.8) is 0 Å². The zero-order valence-electron chi connectivity index (χ0n) is 34.4. The summed E-state index contributed by atoms with van der Waals surface area (Å²) in [6, 6.07) is 16.7. The summed E-state index contributed by atoms with van der Waals surface area (Å²) in [6.45, 7) is 4.24. The Hall–Kier alpha value is -5.65. The fourth-order valence-corrected chi connectivity index (χ4v) is 10.8. The molecule has 9 rings (SSSR count). The summed E-state index contributed by atoms with van der Waals surface area (Å²) in [5.74, 6) is -4.51. The Morgan fingerprint density at radius 1 is 0.841 bits per heavy atom. The van der Waals surface area contributed by atoms with Crippen LogP contribution in [-0.4, -0.2) is 97.2 Å². The third kappa shape index (κ3) is 8.82. The monoisotopic (exact) mass is 885 g/mol. The quantitative estimate of drug-likeness (QED) is 0.0718. The van der Waals surface area contributed by atoms with Crippen molar-refractivity contribution in [1.82, 2.24) is 24.5 Å². The van der Waals surface area contributed by atoms with E-state index in [2.05, 4.69) is 25.1 Å². The van der Waals surface area contributed by atoms with Crippen LogP contribution in [0.3, 0.4) is 0 Å². The Morgan fingerprint density at radius 3 is 2.30 bits per heavy atom. The van der Waals surface area contributed by atoms with Crippen molar-refractivity contribution < 1.29 is 40.4 Å². The maximum absolute atomic E-state index is 15.7. The minimum absolute atomic E-state index is 0.00292. The smallest absolute Gasteiger partial charge is 0.301 e. The number of ketones is 1. The van der Waals surface area contributed by atoms with Crippen LogP contribution in [0.15, 0.2) is 73.1 Å². The molecule has 5 aromatic rings. The number of benzene rings is 3. The highest BCUT2D eigenvalue weighted by atomic mass is 32.2. The molecular formula is C46H47F4N7O5S. The summed E-state index contributed by atoms with van der Waals surface area (Å²) >= 11 is 0. The number of aromatic amines is 1. The molecule has 1 unspecified atom stereocenters. The lowest BCUT2D eigenvalue weighted by Gasteiger charge is -2.38. The molecule has 2 aromatic heterocycles. The lowest BCUT2D eigenvalue weighted by Crippen LogP contribution is -2.41. The van der Waals surface area contributed by atoms with Crippen molar-refractivity contribution in [2.75, 3.05) is 55.4 Å². The summed E-state index contributed by atoms with van der Waals surface area (Å²) in [5, 5.41) is 2.65. The third-order valence-electron chi connectivity index (χ3n) is 13.2. The highest BCUT2D eigenvalue weighted by molar-refractivity contribution is 7.90. The molecule has 63 heavy (non-hydrogen) atoms. The van der Waals surface area contributed by atoms with Gasteiger partial charge in [-0.2, -0.15) is 12.7 Å². The van der Waals surface area contributed by atoms with Gasteiger partial charge in [0.05, 0.1) is 17.2 Å². The first-order valence-corrected chi connectivity index (χ1v) is 22.9. The van der Waals surface area contributed by atoms with Gasteiger partial charge in [0, 0.05) is 79.3 Å². The summed E-state index contributed by atoms with van der Waals surface area (Å²) in [7, 11) is -4.35. The normalized spacial score (nSPS) is 21.0. The van der Waals surface area contributed by atoms with Gasteiger partial charge >= 0.3 is 10.2 Å². The number of anilines is 2. The van der Waals surface area contributed by atoms with Gasteiger partial charge in [0.2, 0.25) is 17.6 Å². The molecule has 0 radical (unpaired) electrons. The Bertz CT molecular complexity index is 2680. The van der Waals surface area contributed by atoms with Crippen molar-refractivity contribution in [3.8, 4) is 11.1 Å². The van der Waals surface area contributed by atoms with Crippen LogP contribution in [-0.2, 0) is 19.8 Å². The van der Waals surface area contributed by atoms with Gasteiger partial charge in [-0.1, -0.05) is 24.3 Å². The number of likely N-dealkylation sites (tertiary alicyclic amines) is 1. The molecule has 0 spiro atoms. The van der Waals surface area contributed by atoms with E-state index in [9.17, 15) is 27.2 Å². The number of nitrogens with zero attached hydrogens (tertiary/aromatic N) is 4. The molecule has 4 fully saturated rings. The molecule has 0 saturated carbocycles. The van der Waals surface area contributed by atoms with Crippen molar-refractivity contribution in [2.45, 2.75) is 63.0 Å². The van der Waals surface area contributed by atoms with Gasteiger partial charge in [-0.05, 0) is 111 Å². The topological polar surface area (TPSA) is 148 Å². The molecular weight excluding hydrogens is 839 g/mol. The van der Waals surface area contributed by atoms with Crippen LogP contribution in [0.2, 0.25) is 0 Å².